The SMILES string of the molecule is C=C(O)C(=C)CCCCCO. The van der Waals surface area contributed by atoms with Gasteiger partial charge in [-0.15, -0.1) is 0 Å². The Bertz CT molecular complexity index is 138. The first-order chi connectivity index (χ1) is 5.18. The Hall–Kier alpha value is -0.760. The maximum Gasteiger partial charge on any atom is 0.111 e. The first kappa shape index (κ1) is 10.2. The fourth-order valence-electron chi connectivity index (χ4n) is 0.771. The second-order valence-electron chi connectivity index (χ2n) is 2.58. The molecular weight excluding hydrogens is 140 g/mol. The molecule has 2 N–H and O–H groups in total. The van der Waals surface area contributed by atoms with Gasteiger partial charge in [0, 0.05) is 6.61 Å². The van der Waals surface area contributed by atoms with Crippen LogP contribution in [0.25, 0.3) is 0 Å². The Morgan fingerprint density at radius 1 is 1.09 bits per heavy atom. The first-order valence-electron chi connectivity index (χ1n) is 3.85. The van der Waals surface area contributed by atoms with E-state index in [0.29, 0.717) is 5.57 Å². The molecule has 0 spiro atoms. The second-order valence-corrected chi connectivity index (χ2v) is 2.58. The maximum atomic E-state index is 8.83. The number of unbranched alkanes of at least 4 members (excludes halogenated alkanes) is 2. The number of hydrogen-bond acceptors (Lipinski definition) is 2. The molecule has 0 aromatic rings. The van der Waals surface area contributed by atoms with Crippen molar-refractivity contribution in [3.63, 3.8) is 0 Å². The summed E-state index contributed by atoms with van der Waals surface area (Å²) >= 11 is 0. The fraction of sp³-hybridized carbons (Fsp3) is 0.556. The van der Waals surface area contributed by atoms with Gasteiger partial charge < -0.3 is 10.2 Å². The molecule has 2 nitrogen and oxygen atoms in total. The van der Waals surface area contributed by atoms with Crippen molar-refractivity contribution in [3.05, 3.63) is 24.5 Å². The van der Waals surface area contributed by atoms with Crippen molar-refractivity contribution in [2.24, 2.45) is 0 Å². The van der Waals surface area contributed by atoms with Crippen molar-refractivity contribution in [3.8, 4) is 0 Å². The third-order valence-corrected chi connectivity index (χ3v) is 1.54. The summed E-state index contributed by atoms with van der Waals surface area (Å²) in [4.78, 5) is 0. The molecule has 0 saturated carbocycles. The summed E-state index contributed by atoms with van der Waals surface area (Å²) in [6.07, 6.45) is 3.53. The lowest BCUT2D eigenvalue weighted by atomic mass is 10.1. The van der Waals surface area contributed by atoms with E-state index in [0.717, 1.165) is 25.7 Å². The van der Waals surface area contributed by atoms with Crippen molar-refractivity contribution < 1.29 is 10.2 Å². The highest BCUT2D eigenvalue weighted by Crippen LogP contribution is 2.11. The molecule has 0 aliphatic rings. The van der Waals surface area contributed by atoms with Crippen LogP contribution in [0, 0.1) is 0 Å². The summed E-state index contributed by atoms with van der Waals surface area (Å²) in [6, 6.07) is 0. The van der Waals surface area contributed by atoms with Crippen molar-refractivity contribution in [2.45, 2.75) is 25.7 Å². The van der Waals surface area contributed by atoms with Crippen LogP contribution in [-0.4, -0.2) is 16.8 Å². The molecule has 64 valence electrons. The topological polar surface area (TPSA) is 40.5 Å². The molecule has 0 aliphatic carbocycles. The quantitative estimate of drug-likeness (QED) is 0.351. The Morgan fingerprint density at radius 3 is 2.18 bits per heavy atom. The summed E-state index contributed by atoms with van der Waals surface area (Å²) in [7, 11) is 0. The molecule has 0 radical (unpaired) electrons. The standard InChI is InChI=1S/C9H16O2/c1-8(9(2)11)6-4-3-5-7-10/h10-11H,1-7H2. The summed E-state index contributed by atoms with van der Waals surface area (Å²) < 4.78 is 0. The van der Waals surface area contributed by atoms with Crippen LogP contribution in [-0.2, 0) is 0 Å². The largest absolute Gasteiger partial charge is 0.508 e. The number of aliphatic hydroxyl groups excluding tert-OH is 2. The average molecular weight is 156 g/mol. The summed E-state index contributed by atoms with van der Waals surface area (Å²) in [6.45, 7) is 7.24. The fourth-order valence-corrected chi connectivity index (χ4v) is 0.771. The zero-order valence-electron chi connectivity index (χ0n) is 6.84. The molecule has 0 unspecified atom stereocenters. The third kappa shape index (κ3) is 5.67. The van der Waals surface area contributed by atoms with Crippen molar-refractivity contribution in [1.82, 2.24) is 0 Å². The minimum Gasteiger partial charge on any atom is -0.508 e. The lowest BCUT2D eigenvalue weighted by molar-refractivity contribution is 0.283. The monoisotopic (exact) mass is 156 g/mol. The number of aliphatic hydroxyl groups is 2. The van der Waals surface area contributed by atoms with E-state index < -0.39 is 0 Å². The molecule has 0 rings (SSSR count). The number of allylic oxidation sites excluding steroid dienone is 1. The van der Waals surface area contributed by atoms with Crippen LogP contribution in [0.4, 0.5) is 0 Å². The van der Waals surface area contributed by atoms with Gasteiger partial charge in [0.05, 0.1) is 0 Å². The van der Waals surface area contributed by atoms with Crippen LogP contribution in [0.3, 0.4) is 0 Å². The Balaban J connectivity index is 3.25. The van der Waals surface area contributed by atoms with Gasteiger partial charge in [-0.3, -0.25) is 0 Å². The van der Waals surface area contributed by atoms with Gasteiger partial charge in [-0.1, -0.05) is 19.6 Å². The van der Waals surface area contributed by atoms with Crippen LogP contribution in [0.15, 0.2) is 24.5 Å². The predicted molar refractivity (Wildman–Crippen MR) is 46.5 cm³/mol. The molecule has 0 aliphatic heterocycles. The molecule has 0 fully saturated rings. The van der Waals surface area contributed by atoms with E-state index in [1.165, 1.54) is 0 Å². The second kappa shape index (κ2) is 5.98. The smallest absolute Gasteiger partial charge is 0.111 e. The van der Waals surface area contributed by atoms with Gasteiger partial charge in [0.2, 0.25) is 0 Å². The van der Waals surface area contributed by atoms with E-state index in [-0.39, 0.29) is 12.4 Å². The highest BCUT2D eigenvalue weighted by molar-refractivity contribution is 5.17. The van der Waals surface area contributed by atoms with E-state index in [4.69, 9.17) is 10.2 Å². The number of hydrogen-bond donors (Lipinski definition) is 2. The average Bonchev–Trinajstić information content (AvgIpc) is 1.97. The van der Waals surface area contributed by atoms with E-state index in [1.807, 2.05) is 0 Å². The van der Waals surface area contributed by atoms with Gasteiger partial charge in [-0.05, 0) is 24.8 Å². The Kier molecular flexibility index (Phi) is 5.57. The summed E-state index contributed by atoms with van der Waals surface area (Å²) in [5.74, 6) is 0.0778. The molecule has 0 aromatic carbocycles. The summed E-state index contributed by atoms with van der Waals surface area (Å²) in [5.41, 5.74) is 0.697. The van der Waals surface area contributed by atoms with Gasteiger partial charge >= 0.3 is 0 Å². The molecule has 0 bridgehead atoms. The van der Waals surface area contributed by atoms with Crippen molar-refractivity contribution in [1.29, 1.82) is 0 Å². The molecule has 0 saturated heterocycles. The molecule has 2 heteroatoms. The van der Waals surface area contributed by atoms with Crippen LogP contribution in [0.5, 0.6) is 0 Å². The van der Waals surface area contributed by atoms with Crippen molar-refractivity contribution in [2.75, 3.05) is 6.61 Å². The lowest BCUT2D eigenvalue weighted by Crippen LogP contribution is -1.87. The van der Waals surface area contributed by atoms with E-state index in [1.54, 1.807) is 0 Å². The van der Waals surface area contributed by atoms with Crippen LogP contribution in [0.2, 0.25) is 0 Å². The minimum absolute atomic E-state index is 0.0778. The Labute approximate surface area is 67.9 Å². The van der Waals surface area contributed by atoms with Gasteiger partial charge in [0.25, 0.3) is 0 Å². The molecule has 0 atom stereocenters. The van der Waals surface area contributed by atoms with Crippen LogP contribution >= 0.6 is 0 Å². The van der Waals surface area contributed by atoms with Gasteiger partial charge in [-0.25, -0.2) is 0 Å². The van der Waals surface area contributed by atoms with Gasteiger partial charge in [-0.2, -0.15) is 0 Å². The highest BCUT2D eigenvalue weighted by Gasteiger charge is 1.96. The zero-order chi connectivity index (χ0) is 8.69. The normalized spacial score (nSPS) is 9.55. The molecule has 0 heterocycles. The predicted octanol–water partition coefficient (Wildman–Crippen LogP) is 2.17. The highest BCUT2D eigenvalue weighted by atomic mass is 16.3. The lowest BCUT2D eigenvalue weighted by Gasteiger charge is -2.01. The molecule has 0 amide bonds. The third-order valence-electron chi connectivity index (χ3n) is 1.54. The summed E-state index contributed by atoms with van der Waals surface area (Å²) in [5, 5.41) is 17.3. The molecular formula is C9H16O2. The van der Waals surface area contributed by atoms with Gasteiger partial charge in [0.1, 0.15) is 5.76 Å². The van der Waals surface area contributed by atoms with E-state index >= 15 is 0 Å². The van der Waals surface area contributed by atoms with E-state index in [2.05, 4.69) is 13.2 Å². The molecule has 0 aromatic heterocycles. The zero-order valence-corrected chi connectivity index (χ0v) is 6.84. The first-order valence-corrected chi connectivity index (χ1v) is 3.85. The van der Waals surface area contributed by atoms with Crippen LogP contribution < -0.4 is 0 Å². The number of rotatable bonds is 6. The van der Waals surface area contributed by atoms with Crippen molar-refractivity contribution >= 4 is 0 Å². The Morgan fingerprint density at radius 2 is 1.73 bits per heavy atom. The maximum absolute atomic E-state index is 8.83. The van der Waals surface area contributed by atoms with Crippen LogP contribution in [0.1, 0.15) is 25.7 Å². The van der Waals surface area contributed by atoms with E-state index in [9.17, 15) is 0 Å². The minimum atomic E-state index is 0.0778. The van der Waals surface area contributed by atoms with Gasteiger partial charge in [0.15, 0.2) is 0 Å². The molecule has 11 heavy (non-hydrogen) atoms.